The van der Waals surface area contributed by atoms with Crippen LogP contribution in [0, 0.1) is 11.3 Å². The molecular weight excluding hydrogens is 266 g/mol. The van der Waals surface area contributed by atoms with Crippen LogP contribution in [0.2, 0.25) is 0 Å². The lowest BCUT2D eigenvalue weighted by Gasteiger charge is -2.15. The van der Waals surface area contributed by atoms with Gasteiger partial charge in [0.1, 0.15) is 18.5 Å². The summed E-state index contributed by atoms with van der Waals surface area (Å²) in [4.78, 5) is 4.58. The zero-order valence-corrected chi connectivity index (χ0v) is 11.4. The summed E-state index contributed by atoms with van der Waals surface area (Å²) >= 11 is 0. The molecule has 0 spiro atoms. The molecule has 0 aliphatic rings. The Labute approximate surface area is 123 Å². The van der Waals surface area contributed by atoms with Crippen molar-refractivity contribution in [1.82, 2.24) is 0 Å². The van der Waals surface area contributed by atoms with E-state index in [0.29, 0.717) is 12.2 Å². The summed E-state index contributed by atoms with van der Waals surface area (Å²) in [5.74, 6) is 0.718. The van der Waals surface area contributed by atoms with Crippen molar-refractivity contribution in [1.29, 1.82) is 5.26 Å². The highest BCUT2D eigenvalue weighted by Gasteiger charge is 2.15. The van der Waals surface area contributed by atoms with Gasteiger partial charge in [0.2, 0.25) is 0 Å². The lowest BCUT2D eigenvalue weighted by atomic mass is 10.0. The number of ether oxygens (including phenoxy) is 1. The summed E-state index contributed by atoms with van der Waals surface area (Å²) in [5.41, 5.74) is 2.10. The van der Waals surface area contributed by atoms with Crippen molar-refractivity contribution in [2.75, 3.05) is 6.61 Å². The molecule has 4 nitrogen and oxygen atoms in total. The van der Waals surface area contributed by atoms with Crippen molar-refractivity contribution in [2.45, 2.75) is 6.10 Å². The third kappa shape index (κ3) is 3.69. The van der Waals surface area contributed by atoms with E-state index in [0.717, 1.165) is 16.9 Å². The van der Waals surface area contributed by atoms with Gasteiger partial charge in [-0.2, -0.15) is 5.26 Å². The standard InChI is InChI=1S/C17H15NO3/c1-2-11-20-16-9-7-15(8-10-16)17(21-19)14-5-3-13(12-18)4-6-14/h2-10,17,19H,1,11H2. The zero-order chi connectivity index (χ0) is 15.1. The highest BCUT2D eigenvalue weighted by molar-refractivity contribution is 5.37. The topological polar surface area (TPSA) is 62.5 Å². The lowest BCUT2D eigenvalue weighted by Crippen LogP contribution is -2.04. The maximum absolute atomic E-state index is 9.16. The second-order valence-corrected chi connectivity index (χ2v) is 4.39. The highest BCUT2D eigenvalue weighted by atomic mass is 17.1. The van der Waals surface area contributed by atoms with Crippen molar-refractivity contribution in [3.63, 3.8) is 0 Å². The van der Waals surface area contributed by atoms with E-state index in [1.54, 1.807) is 42.5 Å². The normalized spacial score (nSPS) is 11.4. The van der Waals surface area contributed by atoms with Gasteiger partial charge in [-0.3, -0.25) is 5.26 Å². The van der Waals surface area contributed by atoms with Crippen molar-refractivity contribution in [3.8, 4) is 11.8 Å². The first-order valence-electron chi connectivity index (χ1n) is 6.42. The largest absolute Gasteiger partial charge is 0.490 e. The Morgan fingerprint density at radius 3 is 2.14 bits per heavy atom. The number of hydrogen-bond donors (Lipinski definition) is 1. The maximum atomic E-state index is 9.16. The van der Waals surface area contributed by atoms with Crippen LogP contribution in [0.4, 0.5) is 0 Å². The van der Waals surface area contributed by atoms with Crippen molar-refractivity contribution >= 4 is 0 Å². The first-order valence-corrected chi connectivity index (χ1v) is 6.42. The Balaban J connectivity index is 2.20. The van der Waals surface area contributed by atoms with Crippen LogP contribution in [0.1, 0.15) is 22.8 Å². The molecule has 0 heterocycles. The van der Waals surface area contributed by atoms with E-state index in [1.807, 2.05) is 18.2 Å². The zero-order valence-electron chi connectivity index (χ0n) is 11.4. The van der Waals surface area contributed by atoms with Crippen LogP contribution in [-0.2, 0) is 4.89 Å². The number of hydrogen-bond acceptors (Lipinski definition) is 4. The van der Waals surface area contributed by atoms with Crippen LogP contribution in [-0.4, -0.2) is 11.9 Å². The van der Waals surface area contributed by atoms with Gasteiger partial charge in [0, 0.05) is 0 Å². The summed E-state index contributed by atoms with van der Waals surface area (Å²) in [6.07, 6.45) is 1.07. The smallest absolute Gasteiger partial charge is 0.143 e. The van der Waals surface area contributed by atoms with Gasteiger partial charge in [-0.25, -0.2) is 4.89 Å². The first kappa shape index (κ1) is 14.8. The van der Waals surface area contributed by atoms with Gasteiger partial charge in [0.25, 0.3) is 0 Å². The van der Waals surface area contributed by atoms with E-state index >= 15 is 0 Å². The average Bonchev–Trinajstić information content (AvgIpc) is 2.55. The minimum atomic E-state index is -0.605. The van der Waals surface area contributed by atoms with E-state index in [4.69, 9.17) is 15.3 Å². The monoisotopic (exact) mass is 281 g/mol. The van der Waals surface area contributed by atoms with Crippen molar-refractivity contribution in [3.05, 3.63) is 77.9 Å². The van der Waals surface area contributed by atoms with Gasteiger partial charge in [0.05, 0.1) is 11.6 Å². The predicted molar refractivity (Wildman–Crippen MR) is 78.8 cm³/mol. The molecular formula is C17H15NO3. The fraction of sp³-hybridized carbons (Fsp3) is 0.118. The molecule has 0 saturated carbocycles. The Bertz CT molecular complexity index is 627. The highest BCUT2D eigenvalue weighted by Crippen LogP contribution is 2.27. The molecule has 1 N–H and O–H groups in total. The van der Waals surface area contributed by atoms with Crippen LogP contribution < -0.4 is 4.74 Å². The van der Waals surface area contributed by atoms with E-state index in [9.17, 15) is 0 Å². The Hall–Kier alpha value is -2.61. The quantitative estimate of drug-likeness (QED) is 0.498. The average molecular weight is 281 g/mol. The predicted octanol–water partition coefficient (Wildman–Crippen LogP) is 3.70. The van der Waals surface area contributed by atoms with E-state index in [1.165, 1.54) is 0 Å². The molecule has 2 aromatic rings. The van der Waals surface area contributed by atoms with Crippen LogP contribution in [0.3, 0.4) is 0 Å². The van der Waals surface area contributed by atoms with Gasteiger partial charge >= 0.3 is 0 Å². The van der Waals surface area contributed by atoms with Crippen LogP contribution >= 0.6 is 0 Å². The third-order valence-corrected chi connectivity index (χ3v) is 3.00. The first-order chi connectivity index (χ1) is 10.3. The molecule has 0 bridgehead atoms. The van der Waals surface area contributed by atoms with E-state index in [-0.39, 0.29) is 0 Å². The van der Waals surface area contributed by atoms with Crippen molar-refractivity contribution in [2.24, 2.45) is 0 Å². The minimum absolute atomic E-state index is 0.439. The molecule has 0 saturated heterocycles. The van der Waals surface area contributed by atoms with Gasteiger partial charge in [0.15, 0.2) is 0 Å². The molecule has 0 amide bonds. The molecule has 0 fully saturated rings. The molecule has 0 aliphatic heterocycles. The second-order valence-electron chi connectivity index (χ2n) is 4.39. The molecule has 0 aliphatic carbocycles. The summed E-state index contributed by atoms with van der Waals surface area (Å²) in [6.45, 7) is 4.03. The van der Waals surface area contributed by atoms with E-state index < -0.39 is 6.10 Å². The van der Waals surface area contributed by atoms with Crippen LogP contribution in [0.5, 0.6) is 5.75 Å². The minimum Gasteiger partial charge on any atom is -0.490 e. The summed E-state index contributed by atoms with van der Waals surface area (Å²) in [7, 11) is 0. The molecule has 2 rings (SSSR count). The second kappa shape index (κ2) is 7.25. The molecule has 1 atom stereocenters. The fourth-order valence-electron chi connectivity index (χ4n) is 1.94. The van der Waals surface area contributed by atoms with E-state index in [2.05, 4.69) is 11.5 Å². The molecule has 0 radical (unpaired) electrons. The van der Waals surface area contributed by atoms with Crippen LogP contribution in [0.15, 0.2) is 61.2 Å². The molecule has 4 heteroatoms. The van der Waals surface area contributed by atoms with Crippen LogP contribution in [0.25, 0.3) is 0 Å². The summed E-state index contributed by atoms with van der Waals surface area (Å²) in [5, 5.41) is 18.0. The van der Waals surface area contributed by atoms with Gasteiger partial charge in [-0.1, -0.05) is 36.9 Å². The molecule has 2 aromatic carbocycles. The Morgan fingerprint density at radius 1 is 1.10 bits per heavy atom. The van der Waals surface area contributed by atoms with Gasteiger partial charge in [-0.15, -0.1) is 0 Å². The lowest BCUT2D eigenvalue weighted by molar-refractivity contribution is -0.270. The fourth-order valence-corrected chi connectivity index (χ4v) is 1.94. The molecule has 21 heavy (non-hydrogen) atoms. The van der Waals surface area contributed by atoms with Gasteiger partial charge < -0.3 is 4.74 Å². The maximum Gasteiger partial charge on any atom is 0.143 e. The summed E-state index contributed by atoms with van der Waals surface area (Å²) < 4.78 is 5.40. The number of nitrogens with zero attached hydrogens (tertiary/aromatic N) is 1. The molecule has 0 aromatic heterocycles. The van der Waals surface area contributed by atoms with Crippen molar-refractivity contribution < 1.29 is 14.9 Å². The van der Waals surface area contributed by atoms with Gasteiger partial charge in [-0.05, 0) is 35.4 Å². The SMILES string of the molecule is C=CCOc1ccc(C(OO)c2ccc(C#N)cc2)cc1. The number of rotatable bonds is 6. The number of nitriles is 1. The Kier molecular flexibility index (Phi) is 5.10. The number of benzene rings is 2. The molecule has 1 unspecified atom stereocenters. The molecule has 106 valence electrons. The summed E-state index contributed by atoms with van der Waals surface area (Å²) in [6, 6.07) is 16.2. The third-order valence-electron chi connectivity index (χ3n) is 3.00. The Morgan fingerprint density at radius 2 is 1.67 bits per heavy atom.